The molecule has 2 aromatic carbocycles. The Morgan fingerprint density at radius 2 is 1.82 bits per heavy atom. The molecule has 22 heavy (non-hydrogen) atoms. The molecule has 0 radical (unpaired) electrons. The zero-order valence-corrected chi connectivity index (χ0v) is 11.6. The number of fused-ring (bicyclic) bond motifs is 2. The molecule has 4 heteroatoms. The van der Waals surface area contributed by atoms with Gasteiger partial charge in [0.2, 0.25) is 0 Å². The van der Waals surface area contributed by atoms with E-state index in [2.05, 4.69) is 9.97 Å². The van der Waals surface area contributed by atoms with Gasteiger partial charge in [0.15, 0.2) is 5.43 Å². The van der Waals surface area contributed by atoms with Gasteiger partial charge < -0.3 is 10.1 Å². The lowest BCUT2D eigenvalue weighted by molar-refractivity contribution is 0.476. The van der Waals surface area contributed by atoms with Crippen LogP contribution in [0.15, 0.2) is 65.5 Å². The van der Waals surface area contributed by atoms with Gasteiger partial charge in [0.1, 0.15) is 5.75 Å². The molecule has 0 atom stereocenters. The van der Waals surface area contributed by atoms with E-state index in [1.807, 2.05) is 36.4 Å². The van der Waals surface area contributed by atoms with Gasteiger partial charge in [-0.2, -0.15) is 0 Å². The molecule has 0 fully saturated rings. The summed E-state index contributed by atoms with van der Waals surface area (Å²) in [6.45, 7) is 0. The van der Waals surface area contributed by atoms with E-state index >= 15 is 0 Å². The normalized spacial score (nSPS) is 11.1. The van der Waals surface area contributed by atoms with E-state index in [9.17, 15) is 9.90 Å². The first-order valence-electron chi connectivity index (χ1n) is 6.93. The van der Waals surface area contributed by atoms with Crippen LogP contribution in [0.3, 0.4) is 0 Å². The summed E-state index contributed by atoms with van der Waals surface area (Å²) in [5.41, 5.74) is 2.79. The van der Waals surface area contributed by atoms with Crippen LogP contribution in [-0.2, 0) is 0 Å². The summed E-state index contributed by atoms with van der Waals surface area (Å²) in [5.74, 6) is 0.0783. The number of hydrogen-bond acceptors (Lipinski definition) is 3. The molecule has 0 aliphatic carbocycles. The monoisotopic (exact) mass is 288 g/mol. The Hall–Kier alpha value is -3.14. The first-order valence-corrected chi connectivity index (χ1v) is 6.93. The van der Waals surface area contributed by atoms with E-state index < -0.39 is 0 Å². The Morgan fingerprint density at radius 3 is 2.73 bits per heavy atom. The second-order valence-corrected chi connectivity index (χ2v) is 5.17. The first kappa shape index (κ1) is 12.6. The van der Waals surface area contributed by atoms with Crippen molar-refractivity contribution in [3.05, 3.63) is 70.9 Å². The zero-order valence-electron chi connectivity index (χ0n) is 11.6. The number of benzene rings is 2. The molecule has 0 saturated carbocycles. The molecule has 0 unspecified atom stereocenters. The van der Waals surface area contributed by atoms with Crippen molar-refractivity contribution in [2.75, 3.05) is 0 Å². The Kier molecular flexibility index (Phi) is 2.69. The molecular formula is C18H12N2O2. The highest BCUT2D eigenvalue weighted by molar-refractivity contribution is 5.84. The van der Waals surface area contributed by atoms with Crippen LogP contribution in [0.25, 0.3) is 33.2 Å². The first-order chi connectivity index (χ1) is 10.7. The molecule has 0 spiro atoms. The van der Waals surface area contributed by atoms with Crippen molar-refractivity contribution >= 4 is 21.8 Å². The smallest absolute Gasteiger partial charge is 0.190 e. The largest absolute Gasteiger partial charge is 0.508 e. The number of phenols is 1. The van der Waals surface area contributed by atoms with Crippen LogP contribution in [-0.4, -0.2) is 15.1 Å². The molecule has 2 N–H and O–H groups in total. The highest BCUT2D eigenvalue weighted by Gasteiger charge is 2.07. The van der Waals surface area contributed by atoms with E-state index in [-0.39, 0.29) is 11.2 Å². The van der Waals surface area contributed by atoms with E-state index in [1.165, 1.54) is 12.1 Å². The fraction of sp³-hybridized carbons (Fsp3) is 0. The molecule has 0 bridgehead atoms. The second-order valence-electron chi connectivity index (χ2n) is 5.17. The molecule has 0 amide bonds. The minimum atomic E-state index is -0.144. The third-order valence-electron chi connectivity index (χ3n) is 3.69. The van der Waals surface area contributed by atoms with Crippen LogP contribution in [0.2, 0.25) is 0 Å². The summed E-state index contributed by atoms with van der Waals surface area (Å²) in [4.78, 5) is 20.0. The molecule has 2 aromatic heterocycles. The quantitative estimate of drug-likeness (QED) is 0.564. The molecule has 4 rings (SSSR count). The summed E-state index contributed by atoms with van der Waals surface area (Å²) in [7, 11) is 0. The van der Waals surface area contributed by atoms with Crippen LogP contribution in [0.5, 0.6) is 5.75 Å². The third-order valence-corrected chi connectivity index (χ3v) is 3.69. The van der Waals surface area contributed by atoms with Crippen LogP contribution in [0.4, 0.5) is 0 Å². The number of hydrogen-bond donors (Lipinski definition) is 2. The zero-order chi connectivity index (χ0) is 15.1. The number of pyridine rings is 2. The fourth-order valence-electron chi connectivity index (χ4n) is 2.59. The maximum atomic E-state index is 12.2. The number of aromatic nitrogens is 2. The third kappa shape index (κ3) is 2.02. The van der Waals surface area contributed by atoms with Crippen LogP contribution < -0.4 is 5.43 Å². The highest BCUT2D eigenvalue weighted by atomic mass is 16.3. The van der Waals surface area contributed by atoms with E-state index in [4.69, 9.17) is 0 Å². The van der Waals surface area contributed by atoms with Crippen molar-refractivity contribution in [2.24, 2.45) is 0 Å². The van der Waals surface area contributed by atoms with E-state index in [0.717, 1.165) is 10.9 Å². The maximum Gasteiger partial charge on any atom is 0.190 e. The number of phenolic OH excluding ortho intramolecular Hbond substituents is 1. The van der Waals surface area contributed by atoms with Crippen molar-refractivity contribution in [2.45, 2.75) is 0 Å². The molecule has 106 valence electrons. The summed E-state index contributed by atoms with van der Waals surface area (Å²) in [5, 5.41) is 11.0. The molecular weight excluding hydrogens is 276 g/mol. The van der Waals surface area contributed by atoms with Gasteiger partial charge in [-0.25, -0.2) is 4.98 Å². The van der Waals surface area contributed by atoms with Gasteiger partial charge in [0, 0.05) is 16.8 Å². The number of aromatic amines is 1. The van der Waals surface area contributed by atoms with Gasteiger partial charge in [-0.05, 0) is 30.3 Å². The molecule has 0 aliphatic rings. The van der Waals surface area contributed by atoms with Gasteiger partial charge in [-0.1, -0.05) is 24.3 Å². The maximum absolute atomic E-state index is 12.2. The predicted molar refractivity (Wildman–Crippen MR) is 87.0 cm³/mol. The summed E-state index contributed by atoms with van der Waals surface area (Å²) in [6.07, 6.45) is 0. The van der Waals surface area contributed by atoms with Crippen molar-refractivity contribution in [1.82, 2.24) is 9.97 Å². The van der Waals surface area contributed by atoms with Crippen molar-refractivity contribution in [3.63, 3.8) is 0 Å². The molecule has 4 nitrogen and oxygen atoms in total. The van der Waals surface area contributed by atoms with Gasteiger partial charge in [-0.15, -0.1) is 0 Å². The Balaban J connectivity index is 1.96. The van der Waals surface area contributed by atoms with Gasteiger partial charge >= 0.3 is 0 Å². The van der Waals surface area contributed by atoms with Crippen molar-refractivity contribution in [1.29, 1.82) is 0 Å². The standard InChI is InChI=1S/C18H12N2O2/c21-12-6-8-15-13(9-12)18(22)10-17(20-15)16-7-5-11-3-1-2-4-14(11)19-16/h1-10,21H,(H,20,22). The Labute approximate surface area is 125 Å². The summed E-state index contributed by atoms with van der Waals surface area (Å²) >= 11 is 0. The number of rotatable bonds is 1. The number of para-hydroxylation sites is 1. The van der Waals surface area contributed by atoms with Gasteiger partial charge in [-0.3, -0.25) is 4.79 Å². The van der Waals surface area contributed by atoms with E-state index in [1.54, 1.807) is 12.1 Å². The molecule has 0 saturated heterocycles. The Morgan fingerprint density at radius 1 is 0.955 bits per heavy atom. The minimum Gasteiger partial charge on any atom is -0.508 e. The number of aromatic hydroxyl groups is 1. The van der Waals surface area contributed by atoms with E-state index in [0.29, 0.717) is 22.3 Å². The highest BCUT2D eigenvalue weighted by Crippen LogP contribution is 2.21. The Bertz CT molecular complexity index is 1070. The second kappa shape index (κ2) is 4.70. The minimum absolute atomic E-state index is 0.0783. The number of H-pyrrole nitrogens is 1. The summed E-state index contributed by atoms with van der Waals surface area (Å²) in [6, 6.07) is 17.9. The average Bonchev–Trinajstić information content (AvgIpc) is 2.55. The van der Waals surface area contributed by atoms with Crippen molar-refractivity contribution < 1.29 is 5.11 Å². The van der Waals surface area contributed by atoms with Crippen LogP contribution in [0, 0.1) is 0 Å². The lowest BCUT2D eigenvalue weighted by atomic mass is 10.1. The lowest BCUT2D eigenvalue weighted by Crippen LogP contribution is -2.03. The summed E-state index contributed by atoms with van der Waals surface area (Å²) < 4.78 is 0. The number of nitrogens with zero attached hydrogens (tertiary/aromatic N) is 1. The van der Waals surface area contributed by atoms with Gasteiger partial charge in [0.25, 0.3) is 0 Å². The fourth-order valence-corrected chi connectivity index (χ4v) is 2.59. The lowest BCUT2D eigenvalue weighted by Gasteiger charge is -2.06. The molecule has 0 aliphatic heterocycles. The molecule has 4 aromatic rings. The predicted octanol–water partition coefficient (Wildman–Crippen LogP) is 3.45. The topological polar surface area (TPSA) is 66.0 Å². The van der Waals surface area contributed by atoms with Crippen molar-refractivity contribution in [3.8, 4) is 17.1 Å². The van der Waals surface area contributed by atoms with Crippen LogP contribution >= 0.6 is 0 Å². The SMILES string of the molecule is O=c1cc(-c2ccc3ccccc3n2)[nH]c2ccc(O)cc12. The van der Waals surface area contributed by atoms with Gasteiger partial charge in [0.05, 0.1) is 22.4 Å². The van der Waals surface area contributed by atoms with Crippen LogP contribution in [0.1, 0.15) is 0 Å². The number of nitrogens with one attached hydrogen (secondary N) is 1. The average molecular weight is 288 g/mol. The molecule has 2 heterocycles.